The maximum absolute atomic E-state index is 12.0. The van der Waals surface area contributed by atoms with Crippen molar-refractivity contribution in [1.29, 1.82) is 0 Å². The predicted molar refractivity (Wildman–Crippen MR) is 62.5 cm³/mol. The van der Waals surface area contributed by atoms with Crippen LogP contribution in [0.5, 0.6) is 5.75 Å². The van der Waals surface area contributed by atoms with Crippen molar-refractivity contribution in [2.45, 2.75) is 13.8 Å². The number of aryl methyl sites for hydroxylation is 2. The molecule has 9 heteroatoms. The lowest BCUT2D eigenvalue weighted by Crippen LogP contribution is -2.68. The van der Waals surface area contributed by atoms with Crippen LogP contribution < -0.4 is 33.5 Å². The molecule has 2 aromatic rings. The zero-order valence-corrected chi connectivity index (χ0v) is 12.8. The van der Waals surface area contributed by atoms with Gasteiger partial charge in [-0.05, 0) is 13.0 Å². The van der Waals surface area contributed by atoms with E-state index in [0.717, 1.165) is 0 Å². The summed E-state index contributed by atoms with van der Waals surface area (Å²) in [6.45, 7) is 3.50. The highest BCUT2D eigenvalue weighted by atomic mass is 35.7. The number of halogens is 1. The molecule has 0 spiro atoms. The lowest BCUT2D eigenvalue weighted by Gasteiger charge is -2.17. The van der Waals surface area contributed by atoms with E-state index >= 15 is 0 Å². The van der Waals surface area contributed by atoms with E-state index in [-0.39, 0.29) is 5.56 Å². The van der Waals surface area contributed by atoms with Gasteiger partial charge in [0, 0.05) is 6.07 Å². The standard InChI is InChI=1S/C13H14NO3.ClHO4/c1-9-8-13(15)14(10(2)17-9)11-6-4-5-7-12(11)16-3;2-1(3,4)5/h4-8H,1-3H3;(H,2,3,4,5)/q+1;/p-1. The van der Waals surface area contributed by atoms with Gasteiger partial charge in [-0.3, -0.25) is 0 Å². The first kappa shape index (κ1) is 18.1. The molecule has 0 bridgehead atoms. The van der Waals surface area contributed by atoms with Crippen LogP contribution in [0.3, 0.4) is 0 Å². The Balaban J connectivity index is 0.000000422. The highest BCUT2D eigenvalue weighted by molar-refractivity contribution is 5.39. The Morgan fingerprint density at radius 3 is 2.18 bits per heavy atom. The van der Waals surface area contributed by atoms with E-state index in [1.165, 1.54) is 10.6 Å². The Labute approximate surface area is 128 Å². The molecule has 0 saturated carbocycles. The lowest BCUT2D eigenvalue weighted by atomic mass is 10.3. The van der Waals surface area contributed by atoms with Gasteiger partial charge in [0.05, 0.1) is 20.1 Å². The minimum atomic E-state index is -4.94. The second-order valence-corrected chi connectivity index (χ2v) is 4.86. The molecule has 1 heterocycles. The third-order valence-electron chi connectivity index (χ3n) is 2.50. The van der Waals surface area contributed by atoms with Crippen LogP contribution >= 0.6 is 0 Å². The maximum Gasteiger partial charge on any atom is 0.424 e. The summed E-state index contributed by atoms with van der Waals surface area (Å²) in [4.78, 5) is 12.0. The van der Waals surface area contributed by atoms with Gasteiger partial charge in [0.2, 0.25) is 0 Å². The number of methoxy groups -OCH3 is 1. The number of nitrogens with zero attached hydrogens (tertiary/aromatic N) is 1. The number of hydrogen-bond acceptors (Lipinski definition) is 7. The zero-order valence-electron chi connectivity index (χ0n) is 12.1. The second kappa shape index (κ2) is 7.34. The summed E-state index contributed by atoms with van der Waals surface area (Å²) in [6.07, 6.45) is 0. The molecule has 0 atom stereocenters. The van der Waals surface area contributed by atoms with E-state index < -0.39 is 10.2 Å². The molecule has 8 nitrogen and oxygen atoms in total. The van der Waals surface area contributed by atoms with Crippen molar-refractivity contribution in [3.8, 4) is 11.4 Å². The number of hydrogen-bond donors (Lipinski definition) is 0. The second-order valence-electron chi connectivity index (χ2n) is 4.10. The summed E-state index contributed by atoms with van der Waals surface area (Å²) in [7, 11) is -3.37. The Kier molecular flexibility index (Phi) is 6.03. The number of rotatable bonds is 2. The highest BCUT2D eigenvalue weighted by Crippen LogP contribution is 2.16. The van der Waals surface area contributed by atoms with Crippen LogP contribution in [0.25, 0.3) is 5.69 Å². The number of aromatic nitrogens is 1. The fourth-order valence-electron chi connectivity index (χ4n) is 1.80. The van der Waals surface area contributed by atoms with Crippen molar-refractivity contribution in [2.75, 3.05) is 7.11 Å². The molecule has 22 heavy (non-hydrogen) atoms. The van der Waals surface area contributed by atoms with E-state index in [2.05, 4.69) is 0 Å². The normalized spacial score (nSPS) is 10.7. The fourth-order valence-corrected chi connectivity index (χ4v) is 1.80. The van der Waals surface area contributed by atoms with Crippen molar-refractivity contribution in [1.82, 2.24) is 0 Å². The van der Waals surface area contributed by atoms with Gasteiger partial charge in [0.1, 0.15) is 5.76 Å². The monoisotopic (exact) mass is 331 g/mol. The van der Waals surface area contributed by atoms with Crippen LogP contribution in [-0.2, 0) is 0 Å². The molecule has 0 unspecified atom stereocenters. The van der Waals surface area contributed by atoms with Gasteiger partial charge in [-0.15, -0.1) is 10.2 Å². The van der Waals surface area contributed by atoms with Crippen molar-refractivity contribution < 1.29 is 42.6 Å². The van der Waals surface area contributed by atoms with Crippen LogP contribution in [0.1, 0.15) is 11.7 Å². The van der Waals surface area contributed by atoms with Gasteiger partial charge in [0.15, 0.2) is 5.75 Å². The molecular formula is C13H14ClNO7. The Morgan fingerprint density at radius 2 is 1.68 bits per heavy atom. The molecule has 0 aliphatic carbocycles. The van der Waals surface area contributed by atoms with Crippen LogP contribution in [-0.4, -0.2) is 7.11 Å². The molecule has 0 aliphatic rings. The molecule has 1 aromatic heterocycles. The molecule has 0 saturated heterocycles. The third-order valence-corrected chi connectivity index (χ3v) is 2.50. The molecule has 0 fully saturated rings. The first-order chi connectivity index (χ1) is 10.1. The molecule has 120 valence electrons. The minimum absolute atomic E-state index is 0.129. The number of para-hydroxylation sites is 2. The van der Waals surface area contributed by atoms with Crippen LogP contribution in [0.4, 0.5) is 0 Å². The minimum Gasteiger partial charge on any atom is -0.490 e. The van der Waals surface area contributed by atoms with Gasteiger partial charge < -0.3 is 9.15 Å². The summed E-state index contributed by atoms with van der Waals surface area (Å²) in [5.74, 6) is 1.76. The van der Waals surface area contributed by atoms with Gasteiger partial charge in [-0.2, -0.15) is 0 Å². The summed E-state index contributed by atoms with van der Waals surface area (Å²) in [5, 5.41) is 0. The quantitative estimate of drug-likeness (QED) is 0.528. The van der Waals surface area contributed by atoms with Crippen molar-refractivity contribution >= 4 is 0 Å². The lowest BCUT2D eigenvalue weighted by molar-refractivity contribution is -2.00. The molecule has 0 amide bonds. The molecule has 0 N–H and O–H groups in total. The van der Waals surface area contributed by atoms with Crippen molar-refractivity contribution in [3.05, 3.63) is 52.3 Å². The summed E-state index contributed by atoms with van der Waals surface area (Å²) < 4.78 is 46.2. The van der Waals surface area contributed by atoms with Crippen LogP contribution in [0.15, 0.2) is 39.5 Å². The number of ether oxygens (including phenoxy) is 1. The zero-order chi connectivity index (χ0) is 16.9. The van der Waals surface area contributed by atoms with E-state index in [1.807, 2.05) is 18.2 Å². The van der Waals surface area contributed by atoms with Crippen molar-refractivity contribution in [3.63, 3.8) is 0 Å². The summed E-state index contributed by atoms with van der Waals surface area (Å²) in [6, 6.07) is 8.79. The van der Waals surface area contributed by atoms with Gasteiger partial charge >= 0.3 is 11.4 Å². The Morgan fingerprint density at radius 1 is 1.14 bits per heavy atom. The summed E-state index contributed by atoms with van der Waals surface area (Å²) >= 11 is 0. The Hall–Kier alpha value is -1.97. The number of benzene rings is 1. The molecule has 1 aromatic carbocycles. The van der Waals surface area contributed by atoms with Crippen LogP contribution in [0, 0.1) is 24.1 Å². The average molecular weight is 332 g/mol. The predicted octanol–water partition coefficient (Wildman–Crippen LogP) is -3.21. The topological polar surface area (TPSA) is 136 Å². The third kappa shape index (κ3) is 5.43. The largest absolute Gasteiger partial charge is 0.490 e. The molecule has 0 radical (unpaired) electrons. The van der Waals surface area contributed by atoms with Gasteiger partial charge in [-0.1, -0.05) is 16.7 Å². The maximum atomic E-state index is 12.0. The van der Waals surface area contributed by atoms with E-state index in [0.29, 0.717) is 23.1 Å². The van der Waals surface area contributed by atoms with Gasteiger partial charge in [-0.25, -0.2) is 23.4 Å². The van der Waals surface area contributed by atoms with Crippen LogP contribution in [0.2, 0.25) is 0 Å². The SMILES string of the molecule is COc1ccccc1-[n+]1c(C)oc(C)cc1=O.[O-][Cl+3]([O-])([O-])[O-]. The highest BCUT2D eigenvalue weighted by Gasteiger charge is 2.21. The van der Waals surface area contributed by atoms with E-state index in [9.17, 15) is 4.79 Å². The molecule has 0 aliphatic heterocycles. The summed E-state index contributed by atoms with van der Waals surface area (Å²) in [5.41, 5.74) is 0.553. The molecular weight excluding hydrogens is 318 g/mol. The van der Waals surface area contributed by atoms with Gasteiger partial charge in [0.25, 0.3) is 5.69 Å². The van der Waals surface area contributed by atoms with Crippen molar-refractivity contribution in [2.24, 2.45) is 0 Å². The first-order valence-corrected chi connectivity index (χ1v) is 7.15. The Bertz CT molecular complexity index is 688. The fraction of sp³-hybridized carbons (Fsp3) is 0.231. The van der Waals surface area contributed by atoms with E-state index in [4.69, 9.17) is 27.8 Å². The first-order valence-electron chi connectivity index (χ1n) is 5.92. The van der Waals surface area contributed by atoms with E-state index in [1.54, 1.807) is 27.0 Å². The smallest absolute Gasteiger partial charge is 0.424 e. The molecule has 2 rings (SSSR count). The average Bonchev–Trinajstić information content (AvgIpc) is 2.36.